The first-order valence-electron chi connectivity index (χ1n) is 15.4. The zero-order chi connectivity index (χ0) is 27.2. The minimum Gasteiger partial charge on any atom is -0.458 e. The summed E-state index contributed by atoms with van der Waals surface area (Å²) >= 11 is 12.4. The lowest BCUT2D eigenvalue weighted by atomic mass is 9.47. The molecule has 4 heteroatoms. The van der Waals surface area contributed by atoms with Gasteiger partial charge >= 0.3 is 5.97 Å². The fourth-order valence-electron chi connectivity index (χ4n) is 9.63. The first-order chi connectivity index (χ1) is 18.0. The van der Waals surface area contributed by atoms with E-state index in [0.717, 1.165) is 54.8 Å². The van der Waals surface area contributed by atoms with Gasteiger partial charge in [0.15, 0.2) is 0 Å². The number of halogens is 2. The van der Waals surface area contributed by atoms with E-state index in [2.05, 4.69) is 40.7 Å². The zero-order valence-corrected chi connectivity index (χ0v) is 25.7. The second-order valence-electron chi connectivity index (χ2n) is 14.2. The highest BCUT2D eigenvalue weighted by Crippen LogP contribution is 2.67. The van der Waals surface area contributed by atoms with Crippen LogP contribution in [0, 0.1) is 46.3 Å². The van der Waals surface area contributed by atoms with E-state index in [0.29, 0.717) is 16.0 Å². The molecule has 0 amide bonds. The molecule has 3 saturated carbocycles. The van der Waals surface area contributed by atoms with Crippen molar-refractivity contribution in [3.8, 4) is 0 Å². The summed E-state index contributed by atoms with van der Waals surface area (Å²) in [5.74, 6) is 4.68. The van der Waals surface area contributed by atoms with E-state index >= 15 is 0 Å². The van der Waals surface area contributed by atoms with Crippen molar-refractivity contribution < 1.29 is 9.53 Å². The molecule has 4 aliphatic rings. The monoisotopic (exact) mass is 558 g/mol. The maximum absolute atomic E-state index is 12.9. The molecular formula is C34H48Cl2O2. The fourth-order valence-corrected chi connectivity index (χ4v) is 10.0. The minimum atomic E-state index is -0.353. The van der Waals surface area contributed by atoms with E-state index in [1.807, 2.05) is 0 Å². The van der Waals surface area contributed by atoms with Gasteiger partial charge in [-0.1, -0.05) is 94.8 Å². The van der Waals surface area contributed by atoms with Gasteiger partial charge in [-0.15, -0.1) is 0 Å². The molecule has 0 saturated heterocycles. The number of carbonyl (C=O) groups excluding carboxylic acids is 1. The van der Waals surface area contributed by atoms with Crippen LogP contribution in [0.3, 0.4) is 0 Å². The molecule has 0 radical (unpaired) electrons. The normalized spacial score (nSPS) is 37.2. The molecule has 1 aromatic carbocycles. The lowest BCUT2D eigenvalue weighted by Crippen LogP contribution is -2.51. The van der Waals surface area contributed by atoms with Crippen molar-refractivity contribution in [3.63, 3.8) is 0 Å². The quantitative estimate of drug-likeness (QED) is 0.245. The van der Waals surface area contributed by atoms with Crippen LogP contribution in [-0.2, 0) is 4.74 Å². The second kappa shape index (κ2) is 11.1. The Kier molecular flexibility index (Phi) is 8.35. The van der Waals surface area contributed by atoms with Gasteiger partial charge in [0, 0.05) is 6.42 Å². The molecule has 4 unspecified atom stereocenters. The molecule has 4 aliphatic carbocycles. The zero-order valence-electron chi connectivity index (χ0n) is 24.2. The van der Waals surface area contributed by atoms with Gasteiger partial charge in [-0.2, -0.15) is 0 Å². The Balaban J connectivity index is 1.26. The van der Waals surface area contributed by atoms with E-state index in [1.165, 1.54) is 51.4 Å². The van der Waals surface area contributed by atoms with Crippen molar-refractivity contribution in [3.05, 3.63) is 45.5 Å². The van der Waals surface area contributed by atoms with Crippen LogP contribution in [0.4, 0.5) is 0 Å². The Morgan fingerprint density at radius 2 is 1.82 bits per heavy atom. The van der Waals surface area contributed by atoms with Crippen molar-refractivity contribution in [2.75, 3.05) is 0 Å². The smallest absolute Gasteiger partial charge is 0.339 e. The molecule has 5 rings (SSSR count). The van der Waals surface area contributed by atoms with Crippen LogP contribution in [0.15, 0.2) is 29.8 Å². The summed E-state index contributed by atoms with van der Waals surface area (Å²) in [5, 5.41) is 0.677. The van der Waals surface area contributed by atoms with E-state index in [1.54, 1.807) is 23.8 Å². The van der Waals surface area contributed by atoms with E-state index < -0.39 is 0 Å². The first kappa shape index (κ1) is 28.5. The number of esters is 1. The number of fused-ring (bicyclic) bond motifs is 5. The van der Waals surface area contributed by atoms with E-state index in [4.69, 9.17) is 27.9 Å². The van der Waals surface area contributed by atoms with Crippen molar-refractivity contribution in [1.29, 1.82) is 0 Å². The van der Waals surface area contributed by atoms with Crippen LogP contribution in [0.1, 0.15) is 116 Å². The molecule has 0 spiro atoms. The van der Waals surface area contributed by atoms with Gasteiger partial charge in [-0.3, -0.25) is 0 Å². The molecule has 0 heterocycles. The molecule has 3 fully saturated rings. The Morgan fingerprint density at radius 3 is 2.58 bits per heavy atom. The van der Waals surface area contributed by atoms with Crippen LogP contribution in [0.2, 0.25) is 10.0 Å². The molecule has 0 N–H and O–H groups in total. The first-order valence-corrected chi connectivity index (χ1v) is 16.1. The lowest BCUT2D eigenvalue weighted by molar-refractivity contribution is -0.0594. The lowest BCUT2D eigenvalue weighted by Gasteiger charge is -2.58. The van der Waals surface area contributed by atoms with Crippen LogP contribution < -0.4 is 0 Å². The van der Waals surface area contributed by atoms with Gasteiger partial charge in [0.2, 0.25) is 0 Å². The number of allylic oxidation sites excluding steroid dienone is 1. The summed E-state index contributed by atoms with van der Waals surface area (Å²) in [5.41, 5.74) is 2.68. The van der Waals surface area contributed by atoms with Crippen molar-refractivity contribution in [2.45, 2.75) is 111 Å². The number of benzene rings is 1. The number of ether oxygens (including phenoxy) is 1. The van der Waals surface area contributed by atoms with Crippen molar-refractivity contribution in [2.24, 2.45) is 46.3 Å². The minimum absolute atomic E-state index is 0.0789. The molecule has 8 atom stereocenters. The van der Waals surface area contributed by atoms with Gasteiger partial charge in [-0.05, 0) is 103 Å². The summed E-state index contributed by atoms with van der Waals surface area (Å²) in [6.45, 7) is 12.5. The Morgan fingerprint density at radius 1 is 1.03 bits per heavy atom. The van der Waals surface area contributed by atoms with Gasteiger partial charge in [0.05, 0.1) is 15.6 Å². The summed E-state index contributed by atoms with van der Waals surface area (Å²) in [6, 6.07) is 5.15. The molecule has 0 aliphatic heterocycles. The highest BCUT2D eigenvalue weighted by atomic mass is 35.5. The van der Waals surface area contributed by atoms with Gasteiger partial charge in [0.25, 0.3) is 0 Å². The predicted octanol–water partition coefficient (Wildman–Crippen LogP) is 10.6. The summed E-state index contributed by atoms with van der Waals surface area (Å²) in [7, 11) is 0. The van der Waals surface area contributed by atoms with Crippen LogP contribution in [0.5, 0.6) is 0 Å². The third-order valence-corrected chi connectivity index (χ3v) is 12.5. The molecular weight excluding hydrogens is 511 g/mol. The standard InChI is InChI=1S/C34H48Cl2O2/c1-21(2)8-6-9-22(3)27-14-15-28-25-13-12-23-20-24(38-32(37)26-10-7-11-30(35)31(26)36)16-18-33(23,4)29(25)17-19-34(27,28)5/h7,10-12,21-22,24-25,27-29H,6,8-9,13-20H2,1-5H3/t22-,24?,25?,27-,28?,29?,33+,34-/m1/s1. The van der Waals surface area contributed by atoms with E-state index in [-0.39, 0.29) is 22.5 Å². The Labute approximate surface area is 241 Å². The summed E-state index contributed by atoms with van der Waals surface area (Å²) < 4.78 is 5.99. The highest BCUT2D eigenvalue weighted by molar-refractivity contribution is 6.43. The summed E-state index contributed by atoms with van der Waals surface area (Å²) in [4.78, 5) is 12.9. The van der Waals surface area contributed by atoms with Gasteiger partial charge in [0.1, 0.15) is 6.10 Å². The summed E-state index contributed by atoms with van der Waals surface area (Å²) in [6.07, 6.45) is 16.4. The second-order valence-corrected chi connectivity index (χ2v) is 14.9. The maximum atomic E-state index is 12.9. The number of carbonyl (C=O) groups is 1. The number of hydrogen-bond donors (Lipinski definition) is 0. The topological polar surface area (TPSA) is 26.3 Å². The van der Waals surface area contributed by atoms with Crippen molar-refractivity contribution >= 4 is 29.2 Å². The largest absolute Gasteiger partial charge is 0.458 e. The molecule has 2 nitrogen and oxygen atoms in total. The fraction of sp³-hybridized carbons (Fsp3) is 0.735. The van der Waals surface area contributed by atoms with Crippen LogP contribution in [0.25, 0.3) is 0 Å². The number of hydrogen-bond acceptors (Lipinski definition) is 2. The van der Waals surface area contributed by atoms with E-state index in [9.17, 15) is 4.79 Å². The van der Waals surface area contributed by atoms with Gasteiger partial charge in [-0.25, -0.2) is 4.79 Å². The van der Waals surface area contributed by atoms with Gasteiger partial charge < -0.3 is 4.74 Å². The average molecular weight is 560 g/mol. The van der Waals surface area contributed by atoms with Crippen molar-refractivity contribution in [1.82, 2.24) is 0 Å². The Bertz CT molecular complexity index is 1060. The van der Waals surface area contributed by atoms with Crippen LogP contribution in [-0.4, -0.2) is 12.1 Å². The SMILES string of the molecule is CC(C)CCC[C@@H](C)[C@H]1CCC2C3CC=C4CC(OC(=O)c5cccc(Cl)c5Cl)CC[C@]4(C)C3CC[C@@]21C. The molecule has 38 heavy (non-hydrogen) atoms. The third-order valence-electron chi connectivity index (χ3n) is 11.7. The number of rotatable bonds is 7. The maximum Gasteiger partial charge on any atom is 0.339 e. The molecule has 1 aromatic rings. The third kappa shape index (κ3) is 5.11. The molecule has 210 valence electrons. The van der Waals surface area contributed by atoms with Crippen LogP contribution >= 0.6 is 23.2 Å². The predicted molar refractivity (Wildman–Crippen MR) is 159 cm³/mol. The molecule has 0 bridgehead atoms. The molecule has 0 aromatic heterocycles. The average Bonchev–Trinajstić information content (AvgIpc) is 3.23. The Hall–Kier alpha value is -0.990. The highest BCUT2D eigenvalue weighted by Gasteiger charge is 2.59.